The Bertz CT molecular complexity index is 575. The summed E-state index contributed by atoms with van der Waals surface area (Å²) in [5, 5.41) is 0. The first-order valence-electron chi connectivity index (χ1n) is 9.47. The van der Waals surface area contributed by atoms with Crippen molar-refractivity contribution in [1.29, 1.82) is 0 Å². The Morgan fingerprint density at radius 3 is 2.15 bits per heavy atom. The molecule has 2 aliphatic carbocycles. The molecule has 2 saturated carbocycles. The predicted molar refractivity (Wildman–Crippen MR) is 90.9 cm³/mol. The number of ether oxygens (including phenoxy) is 3. The molecule has 2 fully saturated rings. The maximum absolute atomic E-state index is 13.9. The molecule has 0 aromatic heterocycles. The van der Waals surface area contributed by atoms with E-state index in [0.29, 0.717) is 18.8 Å². The number of hydrogen-bond donors (Lipinski definition) is 0. The van der Waals surface area contributed by atoms with Crippen molar-refractivity contribution in [3.8, 4) is 0 Å². The molecule has 2 aliphatic rings. The molecule has 2 rings (SSSR count). The summed E-state index contributed by atoms with van der Waals surface area (Å²) in [5.74, 6) is -6.62. The van der Waals surface area contributed by atoms with Crippen LogP contribution in [0.4, 0.5) is 8.78 Å². The fourth-order valence-electron chi connectivity index (χ4n) is 3.51. The lowest BCUT2D eigenvalue weighted by molar-refractivity contribution is -0.183. The van der Waals surface area contributed by atoms with Crippen molar-refractivity contribution < 1.29 is 37.4 Å². The van der Waals surface area contributed by atoms with Gasteiger partial charge in [0.05, 0.1) is 5.41 Å². The summed E-state index contributed by atoms with van der Waals surface area (Å²) < 4.78 is 42.3. The Morgan fingerprint density at radius 1 is 1.00 bits per heavy atom. The average molecular weight is 390 g/mol. The minimum Gasteiger partial charge on any atom is -0.462 e. The highest BCUT2D eigenvalue weighted by atomic mass is 19.3. The third kappa shape index (κ3) is 5.62. The Morgan fingerprint density at radius 2 is 1.63 bits per heavy atom. The third-order valence-corrected chi connectivity index (χ3v) is 5.61. The van der Waals surface area contributed by atoms with Gasteiger partial charge in [0.25, 0.3) is 0 Å². The van der Waals surface area contributed by atoms with Crippen molar-refractivity contribution in [2.24, 2.45) is 17.3 Å². The smallest absolute Gasteiger partial charge is 0.377 e. The third-order valence-electron chi connectivity index (χ3n) is 5.61. The second-order valence-corrected chi connectivity index (χ2v) is 8.09. The van der Waals surface area contributed by atoms with Crippen LogP contribution in [-0.2, 0) is 28.6 Å². The van der Waals surface area contributed by atoms with Crippen molar-refractivity contribution in [2.75, 3.05) is 13.2 Å². The van der Waals surface area contributed by atoms with Crippen LogP contribution in [0.3, 0.4) is 0 Å². The van der Waals surface area contributed by atoms with Gasteiger partial charge in [0.15, 0.2) is 0 Å². The summed E-state index contributed by atoms with van der Waals surface area (Å²) in [6.45, 7) is 4.38. The Kier molecular flexibility index (Phi) is 6.81. The van der Waals surface area contributed by atoms with Gasteiger partial charge >= 0.3 is 23.8 Å². The normalized spacial score (nSPS) is 24.6. The van der Waals surface area contributed by atoms with Crippen LogP contribution in [0.2, 0.25) is 0 Å². The van der Waals surface area contributed by atoms with E-state index in [1.54, 1.807) is 13.8 Å². The fraction of sp³-hybridized carbons (Fsp3) is 0.842. The van der Waals surface area contributed by atoms with E-state index in [-0.39, 0.29) is 18.6 Å². The zero-order valence-corrected chi connectivity index (χ0v) is 16.1. The molecule has 6 nitrogen and oxygen atoms in total. The molecule has 154 valence electrons. The number of esters is 3. The van der Waals surface area contributed by atoms with Gasteiger partial charge in [0, 0.05) is 0 Å². The van der Waals surface area contributed by atoms with Crippen LogP contribution in [0, 0.1) is 17.3 Å². The first kappa shape index (κ1) is 21.6. The lowest BCUT2D eigenvalue weighted by Gasteiger charge is -2.23. The minimum absolute atomic E-state index is 0.251. The lowest BCUT2D eigenvalue weighted by Crippen LogP contribution is -2.36. The quantitative estimate of drug-likeness (QED) is 0.342. The van der Waals surface area contributed by atoms with Crippen molar-refractivity contribution in [3.05, 3.63) is 0 Å². The van der Waals surface area contributed by atoms with E-state index in [2.05, 4.69) is 4.74 Å². The molecular weight excluding hydrogens is 362 g/mol. The van der Waals surface area contributed by atoms with Gasteiger partial charge in [-0.05, 0) is 57.8 Å². The van der Waals surface area contributed by atoms with Gasteiger partial charge in [-0.3, -0.25) is 9.59 Å². The second-order valence-electron chi connectivity index (χ2n) is 8.09. The molecule has 27 heavy (non-hydrogen) atoms. The largest absolute Gasteiger partial charge is 0.462 e. The van der Waals surface area contributed by atoms with Crippen LogP contribution in [-0.4, -0.2) is 43.1 Å². The molecule has 0 aromatic rings. The summed E-state index contributed by atoms with van der Waals surface area (Å²) in [6.07, 6.45) is 2.63. The number of carbonyl (C=O) groups is 3. The minimum atomic E-state index is -3.97. The van der Waals surface area contributed by atoms with E-state index in [9.17, 15) is 23.2 Å². The fourth-order valence-corrected chi connectivity index (χ4v) is 3.51. The molecule has 0 N–H and O–H groups in total. The Balaban J connectivity index is 1.69. The van der Waals surface area contributed by atoms with E-state index in [4.69, 9.17) is 9.47 Å². The van der Waals surface area contributed by atoms with Crippen LogP contribution in [0.1, 0.15) is 59.3 Å². The first-order valence-corrected chi connectivity index (χ1v) is 9.47. The van der Waals surface area contributed by atoms with E-state index in [0.717, 1.165) is 19.3 Å². The number of alkyl halides is 2. The van der Waals surface area contributed by atoms with Crippen molar-refractivity contribution in [3.63, 3.8) is 0 Å². The molecule has 8 heteroatoms. The summed E-state index contributed by atoms with van der Waals surface area (Å²) in [4.78, 5) is 35.1. The molecule has 2 bridgehead atoms. The van der Waals surface area contributed by atoms with Crippen molar-refractivity contribution in [1.82, 2.24) is 0 Å². The topological polar surface area (TPSA) is 78.9 Å². The van der Waals surface area contributed by atoms with Gasteiger partial charge < -0.3 is 14.2 Å². The van der Waals surface area contributed by atoms with E-state index in [1.165, 1.54) is 0 Å². The summed E-state index contributed by atoms with van der Waals surface area (Å²) in [5.41, 5.74) is -0.697. The summed E-state index contributed by atoms with van der Waals surface area (Å²) >= 11 is 0. The zero-order valence-electron chi connectivity index (χ0n) is 16.1. The molecule has 0 spiro atoms. The Labute approximate surface area is 157 Å². The highest BCUT2D eigenvalue weighted by molar-refractivity contribution is 5.84. The van der Waals surface area contributed by atoms with Crippen LogP contribution >= 0.6 is 0 Å². The number of halogens is 2. The Hall–Kier alpha value is -1.73. The molecule has 0 radical (unpaired) electrons. The second kappa shape index (κ2) is 8.52. The number of rotatable bonds is 9. The number of fused-ring (bicyclic) bond motifs is 2. The van der Waals surface area contributed by atoms with Crippen LogP contribution in [0.15, 0.2) is 0 Å². The maximum Gasteiger partial charge on any atom is 0.377 e. The predicted octanol–water partition coefficient (Wildman–Crippen LogP) is 3.27. The van der Waals surface area contributed by atoms with Gasteiger partial charge in [-0.25, -0.2) is 4.79 Å². The van der Waals surface area contributed by atoms with Gasteiger partial charge in [-0.1, -0.05) is 6.92 Å². The van der Waals surface area contributed by atoms with Gasteiger partial charge in [-0.15, -0.1) is 0 Å². The molecule has 0 aliphatic heterocycles. The van der Waals surface area contributed by atoms with Crippen LogP contribution < -0.4 is 0 Å². The van der Waals surface area contributed by atoms with E-state index in [1.807, 2.05) is 6.92 Å². The van der Waals surface area contributed by atoms with Gasteiger partial charge in [0.1, 0.15) is 25.7 Å². The standard InChI is InChI=1S/C19H28F2O6/c1-4-18(2,3)16(23)25-7-8-26-17(24)19(20,21)11-15(22)27-14-10-12-5-6-13(14)9-12/h12-14H,4-11H2,1-3H3. The number of carbonyl (C=O) groups excluding carboxylic acids is 3. The SMILES string of the molecule is CCC(C)(C)C(=O)OCCOC(=O)C(F)(F)CC(=O)OC1CC2CCC1C2. The maximum atomic E-state index is 13.9. The molecule has 0 saturated heterocycles. The van der Waals surface area contributed by atoms with Crippen molar-refractivity contribution >= 4 is 17.9 Å². The molecule has 3 atom stereocenters. The van der Waals surface area contributed by atoms with Crippen LogP contribution in [0.5, 0.6) is 0 Å². The molecule has 0 heterocycles. The summed E-state index contributed by atoms with van der Waals surface area (Å²) in [7, 11) is 0. The van der Waals surface area contributed by atoms with Crippen molar-refractivity contribution in [2.45, 2.75) is 71.3 Å². The van der Waals surface area contributed by atoms with E-state index < -0.39 is 42.3 Å². The first-order chi connectivity index (χ1) is 12.5. The lowest BCUT2D eigenvalue weighted by atomic mass is 9.91. The molecular formula is C19H28F2O6. The van der Waals surface area contributed by atoms with Gasteiger partial charge in [-0.2, -0.15) is 8.78 Å². The molecule has 3 unspecified atom stereocenters. The summed E-state index contributed by atoms with van der Waals surface area (Å²) in [6, 6.07) is 0. The monoisotopic (exact) mass is 390 g/mol. The number of hydrogen-bond acceptors (Lipinski definition) is 6. The highest BCUT2D eigenvalue weighted by Crippen LogP contribution is 2.46. The average Bonchev–Trinajstić information content (AvgIpc) is 3.20. The molecule has 0 amide bonds. The molecule has 0 aromatic carbocycles. The van der Waals surface area contributed by atoms with Gasteiger partial charge in [0.2, 0.25) is 0 Å². The van der Waals surface area contributed by atoms with Crippen LogP contribution in [0.25, 0.3) is 0 Å². The highest BCUT2D eigenvalue weighted by Gasteiger charge is 2.46. The zero-order chi connectivity index (χ0) is 20.2. The van der Waals surface area contributed by atoms with E-state index >= 15 is 0 Å².